The summed E-state index contributed by atoms with van der Waals surface area (Å²) in [5.74, 6) is 0.898. The maximum Gasteiger partial charge on any atom is 0.161 e. The molecule has 30 heavy (non-hydrogen) atoms. The van der Waals surface area contributed by atoms with Crippen molar-refractivity contribution in [2.75, 3.05) is 19.7 Å². The summed E-state index contributed by atoms with van der Waals surface area (Å²) < 4.78 is 5.66. The van der Waals surface area contributed by atoms with Gasteiger partial charge >= 0.3 is 0 Å². The lowest BCUT2D eigenvalue weighted by atomic mass is 9.66. The van der Waals surface area contributed by atoms with E-state index in [4.69, 9.17) is 4.74 Å². The van der Waals surface area contributed by atoms with Crippen LogP contribution in [0.4, 0.5) is 0 Å². The van der Waals surface area contributed by atoms with Gasteiger partial charge in [-0.3, -0.25) is 4.90 Å². The van der Waals surface area contributed by atoms with Crippen LogP contribution in [0.15, 0.2) is 54.6 Å². The van der Waals surface area contributed by atoms with Crippen LogP contribution < -0.4 is 4.74 Å². The van der Waals surface area contributed by atoms with Crippen LogP contribution in [-0.4, -0.2) is 40.4 Å². The molecular weight excluding hydrogens is 374 g/mol. The van der Waals surface area contributed by atoms with Gasteiger partial charge in [0.1, 0.15) is 0 Å². The van der Waals surface area contributed by atoms with E-state index in [1.165, 1.54) is 5.56 Å². The molecule has 0 bridgehead atoms. The summed E-state index contributed by atoms with van der Waals surface area (Å²) in [5.41, 5.74) is 1.73. The molecule has 1 aliphatic carbocycles. The summed E-state index contributed by atoms with van der Waals surface area (Å²) in [6.45, 7) is 4.13. The van der Waals surface area contributed by atoms with Crippen molar-refractivity contribution in [1.82, 2.24) is 4.90 Å². The number of likely N-dealkylation sites (tertiary alicyclic amines) is 1. The highest BCUT2D eigenvalue weighted by Crippen LogP contribution is 2.50. The Bertz CT molecular complexity index is 866. The molecule has 4 heteroatoms. The third kappa shape index (κ3) is 4.40. The molecule has 0 aromatic heterocycles. The van der Waals surface area contributed by atoms with E-state index in [2.05, 4.69) is 41.3 Å². The standard InChI is InChI=1S/C26H33NO3/c1-2-30-24-19-21(13-14-23(24)28)25-22-12-6-7-15-26(22,29)16-18-27(25)17-8-11-20-9-4-3-5-10-20/h3-5,8-11,13-14,19,22,25,28-29H,2,6-7,12,15-18H2,1H3/b11-8+. The molecule has 2 aromatic carbocycles. The molecule has 2 N–H and O–H groups in total. The zero-order valence-electron chi connectivity index (χ0n) is 17.8. The number of nitrogens with zero attached hydrogens (tertiary/aromatic N) is 1. The molecule has 2 aromatic rings. The van der Waals surface area contributed by atoms with Gasteiger partial charge in [-0.2, -0.15) is 0 Å². The molecule has 2 aliphatic rings. The quantitative estimate of drug-likeness (QED) is 0.693. The molecule has 4 nitrogen and oxygen atoms in total. The van der Waals surface area contributed by atoms with Crippen LogP contribution in [0.25, 0.3) is 6.08 Å². The first-order valence-corrected chi connectivity index (χ1v) is 11.2. The molecule has 3 atom stereocenters. The molecule has 1 aliphatic heterocycles. The lowest BCUT2D eigenvalue weighted by molar-refractivity contribution is -0.122. The van der Waals surface area contributed by atoms with Crippen LogP contribution in [0, 0.1) is 5.92 Å². The summed E-state index contributed by atoms with van der Waals surface area (Å²) in [6.07, 6.45) is 9.40. The van der Waals surface area contributed by atoms with E-state index in [1.54, 1.807) is 6.07 Å². The number of hydrogen-bond acceptors (Lipinski definition) is 4. The van der Waals surface area contributed by atoms with Crippen molar-refractivity contribution < 1.29 is 14.9 Å². The fourth-order valence-corrected chi connectivity index (χ4v) is 5.26. The molecule has 0 radical (unpaired) electrons. The van der Waals surface area contributed by atoms with Crippen molar-refractivity contribution in [2.45, 2.75) is 50.7 Å². The Labute approximate surface area is 179 Å². The number of rotatable bonds is 6. The van der Waals surface area contributed by atoms with E-state index in [0.717, 1.165) is 50.8 Å². The second-order valence-electron chi connectivity index (χ2n) is 8.62. The number of phenols is 1. The van der Waals surface area contributed by atoms with E-state index in [0.29, 0.717) is 12.4 Å². The Morgan fingerprint density at radius 3 is 2.77 bits per heavy atom. The van der Waals surface area contributed by atoms with Crippen molar-refractivity contribution in [3.8, 4) is 11.5 Å². The summed E-state index contributed by atoms with van der Waals surface area (Å²) in [6, 6.07) is 16.2. The van der Waals surface area contributed by atoms with E-state index in [1.807, 2.05) is 25.1 Å². The summed E-state index contributed by atoms with van der Waals surface area (Å²) in [7, 11) is 0. The first-order chi connectivity index (χ1) is 14.6. The highest BCUT2D eigenvalue weighted by atomic mass is 16.5. The van der Waals surface area contributed by atoms with Crippen molar-refractivity contribution >= 4 is 6.08 Å². The van der Waals surface area contributed by atoms with Crippen LogP contribution >= 0.6 is 0 Å². The Balaban J connectivity index is 1.63. The third-order valence-corrected chi connectivity index (χ3v) is 6.75. The molecule has 3 unspecified atom stereocenters. The molecule has 2 fully saturated rings. The molecule has 1 heterocycles. The fourth-order valence-electron chi connectivity index (χ4n) is 5.26. The van der Waals surface area contributed by atoms with Gasteiger partial charge in [0, 0.05) is 25.0 Å². The van der Waals surface area contributed by atoms with Gasteiger partial charge in [0.2, 0.25) is 0 Å². The number of phenolic OH excluding ortho intramolecular Hbond substituents is 1. The largest absolute Gasteiger partial charge is 0.504 e. The minimum absolute atomic E-state index is 0.115. The van der Waals surface area contributed by atoms with E-state index < -0.39 is 5.60 Å². The first kappa shape index (κ1) is 21.0. The predicted molar refractivity (Wildman–Crippen MR) is 121 cm³/mol. The van der Waals surface area contributed by atoms with Gasteiger partial charge < -0.3 is 14.9 Å². The van der Waals surface area contributed by atoms with Gasteiger partial charge in [-0.15, -0.1) is 0 Å². The second-order valence-corrected chi connectivity index (χ2v) is 8.62. The van der Waals surface area contributed by atoms with Crippen molar-refractivity contribution in [3.05, 3.63) is 65.7 Å². The maximum atomic E-state index is 11.4. The molecular formula is C26H33NO3. The maximum absolute atomic E-state index is 11.4. The SMILES string of the molecule is CCOc1cc(C2C3CCCCC3(O)CCN2C/C=C/c2ccccc2)ccc1O. The van der Waals surface area contributed by atoms with Gasteiger partial charge in [0.15, 0.2) is 11.5 Å². The minimum Gasteiger partial charge on any atom is -0.504 e. The molecule has 0 amide bonds. The normalized spacial score (nSPS) is 27.1. The zero-order valence-corrected chi connectivity index (χ0v) is 17.8. The van der Waals surface area contributed by atoms with Crippen molar-refractivity contribution in [3.63, 3.8) is 0 Å². The van der Waals surface area contributed by atoms with E-state index in [-0.39, 0.29) is 17.7 Å². The summed E-state index contributed by atoms with van der Waals surface area (Å²) >= 11 is 0. The Hall–Kier alpha value is -2.30. The molecule has 160 valence electrons. The van der Waals surface area contributed by atoms with Crippen LogP contribution in [0.5, 0.6) is 11.5 Å². The van der Waals surface area contributed by atoms with Gasteiger partial charge in [-0.25, -0.2) is 0 Å². The van der Waals surface area contributed by atoms with Crippen LogP contribution in [0.2, 0.25) is 0 Å². The number of benzene rings is 2. The monoisotopic (exact) mass is 407 g/mol. The van der Waals surface area contributed by atoms with Gasteiger partial charge in [-0.1, -0.05) is 61.4 Å². The van der Waals surface area contributed by atoms with E-state index in [9.17, 15) is 10.2 Å². The Morgan fingerprint density at radius 1 is 1.13 bits per heavy atom. The molecule has 1 saturated heterocycles. The minimum atomic E-state index is -0.591. The van der Waals surface area contributed by atoms with Crippen molar-refractivity contribution in [2.24, 2.45) is 5.92 Å². The predicted octanol–water partition coefficient (Wildman–Crippen LogP) is 5.17. The zero-order chi connectivity index (χ0) is 21.0. The average molecular weight is 408 g/mol. The highest BCUT2D eigenvalue weighted by molar-refractivity contribution is 5.49. The van der Waals surface area contributed by atoms with Crippen LogP contribution in [0.3, 0.4) is 0 Å². The second kappa shape index (κ2) is 9.23. The number of aliphatic hydroxyl groups is 1. The number of fused-ring (bicyclic) bond motifs is 1. The topological polar surface area (TPSA) is 52.9 Å². The molecule has 4 rings (SSSR count). The molecule has 1 saturated carbocycles. The number of aromatic hydroxyl groups is 1. The lowest BCUT2D eigenvalue weighted by Crippen LogP contribution is -2.54. The third-order valence-electron chi connectivity index (χ3n) is 6.75. The van der Waals surface area contributed by atoms with Crippen molar-refractivity contribution in [1.29, 1.82) is 0 Å². The number of hydrogen-bond donors (Lipinski definition) is 2. The van der Waals surface area contributed by atoms with Gasteiger partial charge in [0.25, 0.3) is 0 Å². The van der Waals surface area contributed by atoms with Gasteiger partial charge in [-0.05, 0) is 49.4 Å². The fraction of sp³-hybridized carbons (Fsp3) is 0.462. The highest BCUT2D eigenvalue weighted by Gasteiger charge is 2.48. The first-order valence-electron chi connectivity index (χ1n) is 11.2. The van der Waals surface area contributed by atoms with Crippen LogP contribution in [-0.2, 0) is 0 Å². The Kier molecular flexibility index (Phi) is 6.45. The Morgan fingerprint density at radius 2 is 1.97 bits per heavy atom. The lowest BCUT2D eigenvalue weighted by Gasteiger charge is -2.52. The van der Waals surface area contributed by atoms with E-state index >= 15 is 0 Å². The average Bonchev–Trinajstić information content (AvgIpc) is 2.76. The number of piperidine rings is 1. The summed E-state index contributed by atoms with van der Waals surface area (Å²) in [4.78, 5) is 2.48. The summed E-state index contributed by atoms with van der Waals surface area (Å²) in [5, 5.41) is 21.6. The van der Waals surface area contributed by atoms with Gasteiger partial charge in [0.05, 0.1) is 12.2 Å². The number of ether oxygens (including phenoxy) is 1. The smallest absolute Gasteiger partial charge is 0.161 e. The van der Waals surface area contributed by atoms with Crippen LogP contribution in [0.1, 0.15) is 56.2 Å². The molecule has 0 spiro atoms.